The number of carbonyl (C=O) groups is 2. The second-order valence-corrected chi connectivity index (χ2v) is 9.43. The Bertz CT molecular complexity index is 1570. The molecule has 0 bridgehead atoms. The fraction of sp³-hybridized carbons (Fsp3) is 0.179. The average molecular weight is 517 g/mol. The van der Waals surface area contributed by atoms with Gasteiger partial charge in [0, 0.05) is 11.1 Å². The number of aromatic nitrogens is 1. The van der Waals surface area contributed by atoms with E-state index in [1.54, 1.807) is 68.8 Å². The summed E-state index contributed by atoms with van der Waals surface area (Å²) in [6.07, 6.45) is 0. The summed E-state index contributed by atoms with van der Waals surface area (Å²) in [6.45, 7) is 1.83. The molecule has 1 saturated heterocycles. The van der Waals surface area contributed by atoms with Gasteiger partial charge in [-0.05, 0) is 55.0 Å². The second kappa shape index (κ2) is 9.59. The lowest BCUT2D eigenvalue weighted by molar-refractivity contribution is -0.132. The minimum absolute atomic E-state index is 0.0455. The van der Waals surface area contributed by atoms with Crippen LogP contribution in [0.5, 0.6) is 17.2 Å². The fourth-order valence-corrected chi connectivity index (χ4v) is 5.54. The van der Waals surface area contributed by atoms with Gasteiger partial charge in [-0.15, -0.1) is 0 Å². The molecule has 9 heteroatoms. The van der Waals surface area contributed by atoms with Crippen LogP contribution >= 0.6 is 11.3 Å². The Morgan fingerprint density at radius 2 is 1.70 bits per heavy atom. The number of ether oxygens (including phenoxy) is 3. The third kappa shape index (κ3) is 4.07. The third-order valence-corrected chi connectivity index (χ3v) is 7.35. The van der Waals surface area contributed by atoms with Crippen LogP contribution in [0, 0.1) is 6.92 Å². The molecule has 4 aromatic rings. The molecule has 1 amide bonds. The van der Waals surface area contributed by atoms with Crippen molar-refractivity contribution in [3.8, 4) is 17.2 Å². The molecule has 3 aromatic carbocycles. The standard InChI is InChI=1S/C28H24N2O6S/c1-15-13-16(9-12-20(15)35-3)25(31)23-24(18-7-5-6-8-21(18)36-4)30(27(33)26(23)32)28-29-19-11-10-17(34-2)14-22(19)37-28/h5-14,24,31H,1-4H3. The number of fused-ring (bicyclic) bond motifs is 1. The molecule has 0 radical (unpaired) electrons. The SMILES string of the molecule is COc1ccc2nc(N3C(=O)C(=O)C(=C(O)c4ccc(OC)c(C)c4)C3c3ccccc3OC)sc2c1. The Morgan fingerprint density at radius 1 is 0.946 bits per heavy atom. The van der Waals surface area contributed by atoms with Gasteiger partial charge in [0.25, 0.3) is 5.78 Å². The van der Waals surface area contributed by atoms with Crippen molar-refractivity contribution in [3.05, 3.63) is 82.9 Å². The highest BCUT2D eigenvalue weighted by molar-refractivity contribution is 7.22. The molecule has 1 N–H and O–H groups in total. The molecular formula is C28H24N2O6S. The first-order valence-corrected chi connectivity index (χ1v) is 12.2. The molecule has 1 fully saturated rings. The van der Waals surface area contributed by atoms with Crippen LogP contribution in [-0.4, -0.2) is 43.1 Å². The van der Waals surface area contributed by atoms with Crippen LogP contribution in [0.3, 0.4) is 0 Å². The number of rotatable bonds is 6. The number of aliphatic hydroxyl groups excluding tert-OH is 1. The number of carbonyl (C=O) groups excluding carboxylic acids is 2. The highest BCUT2D eigenvalue weighted by Crippen LogP contribution is 2.46. The largest absolute Gasteiger partial charge is 0.507 e. The van der Waals surface area contributed by atoms with E-state index in [9.17, 15) is 14.7 Å². The molecule has 1 aromatic heterocycles. The van der Waals surface area contributed by atoms with Crippen molar-refractivity contribution in [2.24, 2.45) is 0 Å². The summed E-state index contributed by atoms with van der Waals surface area (Å²) in [5, 5.41) is 11.8. The molecular weight excluding hydrogens is 492 g/mol. The minimum atomic E-state index is -0.957. The number of hydrogen-bond acceptors (Lipinski definition) is 8. The average Bonchev–Trinajstić information content (AvgIpc) is 3.45. The number of aliphatic hydroxyl groups is 1. The summed E-state index contributed by atoms with van der Waals surface area (Å²) in [5.74, 6) is -0.110. The number of amides is 1. The van der Waals surface area contributed by atoms with Gasteiger partial charge < -0.3 is 19.3 Å². The number of methoxy groups -OCH3 is 3. The number of thiazole rings is 1. The zero-order chi connectivity index (χ0) is 26.3. The van der Waals surface area contributed by atoms with Gasteiger partial charge >= 0.3 is 5.91 Å². The van der Waals surface area contributed by atoms with E-state index in [1.807, 2.05) is 13.0 Å². The van der Waals surface area contributed by atoms with Crippen LogP contribution in [0.25, 0.3) is 16.0 Å². The minimum Gasteiger partial charge on any atom is -0.507 e. The van der Waals surface area contributed by atoms with Crippen LogP contribution < -0.4 is 19.1 Å². The van der Waals surface area contributed by atoms with Gasteiger partial charge in [-0.3, -0.25) is 14.5 Å². The highest BCUT2D eigenvalue weighted by Gasteiger charge is 2.49. The quantitative estimate of drug-likeness (QED) is 0.212. The van der Waals surface area contributed by atoms with E-state index in [1.165, 1.54) is 23.3 Å². The maximum absolute atomic E-state index is 13.5. The Labute approximate surface area is 217 Å². The smallest absolute Gasteiger partial charge is 0.301 e. The van der Waals surface area contributed by atoms with Gasteiger partial charge in [0.15, 0.2) is 5.13 Å². The van der Waals surface area contributed by atoms with Crippen LogP contribution in [-0.2, 0) is 9.59 Å². The zero-order valence-corrected chi connectivity index (χ0v) is 21.5. The lowest BCUT2D eigenvalue weighted by Crippen LogP contribution is -2.29. The molecule has 0 saturated carbocycles. The van der Waals surface area contributed by atoms with E-state index in [0.29, 0.717) is 39.0 Å². The number of aryl methyl sites for hydroxylation is 1. The van der Waals surface area contributed by atoms with E-state index in [2.05, 4.69) is 4.98 Å². The van der Waals surface area contributed by atoms with Crippen LogP contribution in [0.15, 0.2) is 66.2 Å². The molecule has 2 heterocycles. The Balaban J connectivity index is 1.74. The van der Waals surface area contributed by atoms with E-state index in [0.717, 1.165) is 10.3 Å². The van der Waals surface area contributed by atoms with Gasteiger partial charge in [-0.2, -0.15) is 0 Å². The summed E-state index contributed by atoms with van der Waals surface area (Å²) in [5.41, 5.74) is 2.33. The van der Waals surface area contributed by atoms with Crippen LogP contribution in [0.1, 0.15) is 22.7 Å². The van der Waals surface area contributed by atoms with Crippen molar-refractivity contribution < 1.29 is 28.9 Å². The summed E-state index contributed by atoms with van der Waals surface area (Å²) >= 11 is 1.26. The topological polar surface area (TPSA) is 98.2 Å². The molecule has 1 unspecified atom stereocenters. The maximum atomic E-state index is 13.5. The summed E-state index contributed by atoms with van der Waals surface area (Å²) < 4.78 is 17.0. The number of benzene rings is 3. The Kier molecular flexibility index (Phi) is 6.31. The Hall–Kier alpha value is -4.37. The number of Topliss-reactive ketones (excluding diaryl/α,β-unsaturated/α-hetero) is 1. The van der Waals surface area contributed by atoms with Crippen molar-refractivity contribution in [2.45, 2.75) is 13.0 Å². The second-order valence-electron chi connectivity index (χ2n) is 8.43. The monoisotopic (exact) mass is 516 g/mol. The van der Waals surface area contributed by atoms with Gasteiger partial charge in [0.2, 0.25) is 0 Å². The van der Waals surface area contributed by atoms with E-state index in [4.69, 9.17) is 14.2 Å². The molecule has 188 valence electrons. The molecule has 0 aliphatic carbocycles. The van der Waals surface area contributed by atoms with Gasteiger partial charge in [0.05, 0.1) is 37.1 Å². The van der Waals surface area contributed by atoms with Gasteiger partial charge in [0.1, 0.15) is 29.0 Å². The molecule has 1 atom stereocenters. The number of nitrogens with zero attached hydrogens (tertiary/aromatic N) is 2. The molecule has 1 aliphatic heterocycles. The van der Waals surface area contributed by atoms with Crippen molar-refractivity contribution in [2.75, 3.05) is 26.2 Å². The first-order chi connectivity index (χ1) is 17.9. The van der Waals surface area contributed by atoms with Crippen molar-refractivity contribution >= 4 is 44.1 Å². The third-order valence-electron chi connectivity index (χ3n) is 6.34. The Morgan fingerprint density at radius 3 is 2.41 bits per heavy atom. The number of para-hydroxylation sites is 1. The van der Waals surface area contributed by atoms with Gasteiger partial charge in [-0.25, -0.2) is 4.98 Å². The summed E-state index contributed by atoms with van der Waals surface area (Å²) in [7, 11) is 4.65. The molecule has 0 spiro atoms. The number of anilines is 1. The van der Waals surface area contributed by atoms with E-state index in [-0.39, 0.29) is 11.3 Å². The van der Waals surface area contributed by atoms with Crippen molar-refractivity contribution in [3.63, 3.8) is 0 Å². The summed E-state index contributed by atoms with van der Waals surface area (Å²) in [6, 6.07) is 16.6. The predicted octanol–water partition coefficient (Wildman–Crippen LogP) is 5.26. The fourth-order valence-electron chi connectivity index (χ4n) is 4.52. The summed E-state index contributed by atoms with van der Waals surface area (Å²) in [4.78, 5) is 33.0. The number of hydrogen-bond donors (Lipinski definition) is 1. The molecule has 5 rings (SSSR count). The molecule has 8 nitrogen and oxygen atoms in total. The highest BCUT2D eigenvalue weighted by atomic mass is 32.1. The first-order valence-electron chi connectivity index (χ1n) is 11.4. The first kappa shape index (κ1) is 24.3. The van der Waals surface area contributed by atoms with Gasteiger partial charge in [-0.1, -0.05) is 29.5 Å². The van der Waals surface area contributed by atoms with E-state index >= 15 is 0 Å². The van der Waals surface area contributed by atoms with Crippen LogP contribution in [0.4, 0.5) is 5.13 Å². The van der Waals surface area contributed by atoms with E-state index < -0.39 is 17.7 Å². The lowest BCUT2D eigenvalue weighted by atomic mass is 9.94. The maximum Gasteiger partial charge on any atom is 0.301 e. The number of ketones is 1. The lowest BCUT2D eigenvalue weighted by Gasteiger charge is -2.24. The molecule has 37 heavy (non-hydrogen) atoms. The van der Waals surface area contributed by atoms with Crippen molar-refractivity contribution in [1.82, 2.24) is 4.98 Å². The zero-order valence-electron chi connectivity index (χ0n) is 20.6. The van der Waals surface area contributed by atoms with Crippen molar-refractivity contribution in [1.29, 1.82) is 0 Å². The normalized spacial score (nSPS) is 16.9. The molecule has 1 aliphatic rings. The predicted molar refractivity (Wildman–Crippen MR) is 142 cm³/mol. The van der Waals surface area contributed by atoms with Crippen LogP contribution in [0.2, 0.25) is 0 Å².